The molecule has 82 valence electrons. The fraction of sp³-hybridized carbons (Fsp3) is 0.917. The van der Waals surface area contributed by atoms with Gasteiger partial charge in [-0.25, -0.2) is 0 Å². The average molecular weight is 213 g/mol. The molecule has 1 aliphatic heterocycles. The van der Waals surface area contributed by atoms with Gasteiger partial charge >= 0.3 is 0 Å². The molecule has 0 aliphatic carbocycles. The van der Waals surface area contributed by atoms with E-state index >= 15 is 0 Å². The van der Waals surface area contributed by atoms with E-state index in [9.17, 15) is 0 Å². The second-order valence-electron chi connectivity index (χ2n) is 4.49. The molecule has 1 nitrogen and oxygen atoms in total. The van der Waals surface area contributed by atoms with Gasteiger partial charge in [-0.15, -0.1) is 0 Å². The van der Waals surface area contributed by atoms with Crippen molar-refractivity contribution in [2.45, 2.75) is 46.0 Å². The molecular formula is C12H23NS. The van der Waals surface area contributed by atoms with Crippen LogP contribution < -0.4 is 0 Å². The van der Waals surface area contributed by atoms with Crippen LogP contribution in [0.5, 0.6) is 0 Å². The minimum absolute atomic E-state index is 0.689. The van der Waals surface area contributed by atoms with Gasteiger partial charge in [-0.05, 0) is 25.2 Å². The van der Waals surface area contributed by atoms with Gasteiger partial charge in [0.1, 0.15) is 0 Å². The summed E-state index contributed by atoms with van der Waals surface area (Å²) in [5.74, 6) is 1.55. The van der Waals surface area contributed by atoms with Crippen molar-refractivity contribution in [1.29, 1.82) is 0 Å². The first-order chi connectivity index (χ1) is 6.70. The molecule has 1 heterocycles. The van der Waals surface area contributed by atoms with Crippen LogP contribution in [0.25, 0.3) is 0 Å². The van der Waals surface area contributed by atoms with E-state index in [2.05, 4.69) is 25.8 Å². The van der Waals surface area contributed by atoms with Gasteiger partial charge in [-0.3, -0.25) is 0 Å². The van der Waals surface area contributed by atoms with E-state index < -0.39 is 0 Å². The lowest BCUT2D eigenvalue weighted by atomic mass is 9.80. The van der Waals surface area contributed by atoms with E-state index in [1.807, 2.05) is 0 Å². The van der Waals surface area contributed by atoms with Crippen LogP contribution in [-0.4, -0.2) is 23.5 Å². The monoisotopic (exact) mass is 213 g/mol. The average Bonchev–Trinajstić information content (AvgIpc) is 2.18. The number of thiocarbonyl (C=S) groups is 1. The summed E-state index contributed by atoms with van der Waals surface area (Å²) in [5, 5.41) is 0. The van der Waals surface area contributed by atoms with Crippen LogP contribution in [0.4, 0.5) is 0 Å². The zero-order chi connectivity index (χ0) is 10.6. The molecule has 1 aliphatic rings. The molecule has 0 N–H and O–H groups in total. The van der Waals surface area contributed by atoms with Crippen molar-refractivity contribution in [2.24, 2.45) is 11.8 Å². The second-order valence-corrected chi connectivity index (χ2v) is 4.91. The summed E-state index contributed by atoms with van der Waals surface area (Å²) < 4.78 is 0. The van der Waals surface area contributed by atoms with Crippen molar-refractivity contribution < 1.29 is 0 Å². The Morgan fingerprint density at radius 2 is 1.93 bits per heavy atom. The van der Waals surface area contributed by atoms with Gasteiger partial charge in [-0.2, -0.15) is 0 Å². The summed E-state index contributed by atoms with van der Waals surface area (Å²) in [6, 6.07) is 0. The van der Waals surface area contributed by atoms with Gasteiger partial charge in [0.25, 0.3) is 0 Å². The van der Waals surface area contributed by atoms with Gasteiger partial charge in [0.15, 0.2) is 0 Å². The summed E-state index contributed by atoms with van der Waals surface area (Å²) in [7, 11) is 2.15. The van der Waals surface area contributed by atoms with E-state index in [1.54, 1.807) is 0 Å². The van der Waals surface area contributed by atoms with Crippen LogP contribution in [0.3, 0.4) is 0 Å². The van der Waals surface area contributed by atoms with Crippen molar-refractivity contribution in [3.05, 3.63) is 0 Å². The molecule has 2 heteroatoms. The van der Waals surface area contributed by atoms with Crippen LogP contribution in [0.1, 0.15) is 46.0 Å². The van der Waals surface area contributed by atoms with E-state index in [0.29, 0.717) is 5.92 Å². The lowest BCUT2D eigenvalue weighted by Crippen LogP contribution is -2.42. The summed E-state index contributed by atoms with van der Waals surface area (Å²) >= 11 is 5.53. The largest absolute Gasteiger partial charge is 0.369 e. The molecular weight excluding hydrogens is 190 g/mol. The lowest BCUT2D eigenvalue weighted by molar-refractivity contribution is 0.259. The first-order valence-corrected chi connectivity index (χ1v) is 6.36. The van der Waals surface area contributed by atoms with Crippen molar-refractivity contribution in [3.8, 4) is 0 Å². The molecule has 0 saturated carbocycles. The third-order valence-corrected chi connectivity index (χ3v) is 3.97. The van der Waals surface area contributed by atoms with Crippen molar-refractivity contribution in [2.75, 3.05) is 13.6 Å². The summed E-state index contributed by atoms with van der Waals surface area (Å²) in [5.41, 5.74) is 0. The molecule has 14 heavy (non-hydrogen) atoms. The van der Waals surface area contributed by atoms with Crippen LogP contribution in [-0.2, 0) is 0 Å². The molecule has 0 bridgehead atoms. The van der Waals surface area contributed by atoms with Gasteiger partial charge in [0.05, 0.1) is 4.99 Å². The first-order valence-electron chi connectivity index (χ1n) is 5.95. The van der Waals surface area contributed by atoms with E-state index in [-0.39, 0.29) is 0 Å². The molecule has 1 rings (SSSR count). The zero-order valence-corrected chi connectivity index (χ0v) is 10.6. The van der Waals surface area contributed by atoms with Crippen LogP contribution in [0.2, 0.25) is 0 Å². The Bertz CT molecular complexity index is 191. The molecule has 1 saturated heterocycles. The Labute approximate surface area is 93.9 Å². The third kappa shape index (κ3) is 2.69. The Hall–Kier alpha value is -0.110. The van der Waals surface area contributed by atoms with Gasteiger partial charge in [-0.1, -0.05) is 38.9 Å². The highest BCUT2D eigenvalue weighted by molar-refractivity contribution is 7.80. The molecule has 0 aromatic carbocycles. The molecule has 2 unspecified atom stereocenters. The minimum atomic E-state index is 0.689. The minimum Gasteiger partial charge on any atom is -0.369 e. The van der Waals surface area contributed by atoms with E-state index in [4.69, 9.17) is 12.2 Å². The standard InChI is InChI=1S/C12H23NS/c1-4-6-10-8-9-13(3)12(14)11(10)7-5-2/h10-11H,4-9H2,1-3H3. The maximum atomic E-state index is 5.53. The number of rotatable bonds is 4. The molecule has 0 aromatic rings. The highest BCUT2D eigenvalue weighted by Gasteiger charge is 2.30. The fourth-order valence-corrected chi connectivity index (χ4v) is 2.94. The summed E-state index contributed by atoms with van der Waals surface area (Å²) in [4.78, 5) is 3.50. The van der Waals surface area contributed by atoms with Gasteiger partial charge in [0.2, 0.25) is 0 Å². The molecule has 0 aromatic heterocycles. The first kappa shape index (κ1) is 12.0. The Kier molecular flexibility index (Phi) is 4.86. The van der Waals surface area contributed by atoms with E-state index in [0.717, 1.165) is 5.92 Å². The van der Waals surface area contributed by atoms with Crippen LogP contribution in [0.15, 0.2) is 0 Å². The number of hydrogen-bond acceptors (Lipinski definition) is 1. The number of hydrogen-bond donors (Lipinski definition) is 0. The smallest absolute Gasteiger partial charge is 0.0810 e. The molecule has 0 radical (unpaired) electrons. The summed E-state index contributed by atoms with van der Waals surface area (Å²) in [6.45, 7) is 5.72. The van der Waals surface area contributed by atoms with E-state index in [1.165, 1.54) is 43.6 Å². The highest BCUT2D eigenvalue weighted by Crippen LogP contribution is 2.31. The molecule has 1 fully saturated rings. The zero-order valence-electron chi connectivity index (χ0n) is 9.75. The van der Waals surface area contributed by atoms with Crippen molar-refractivity contribution in [3.63, 3.8) is 0 Å². The molecule has 0 amide bonds. The SMILES string of the molecule is CCCC1CCN(C)C(=S)C1CCC. The maximum Gasteiger partial charge on any atom is 0.0810 e. The second kappa shape index (κ2) is 5.69. The lowest BCUT2D eigenvalue weighted by Gasteiger charge is -2.38. The Morgan fingerprint density at radius 1 is 1.29 bits per heavy atom. The fourth-order valence-electron chi connectivity index (χ4n) is 2.54. The number of nitrogens with zero attached hydrogens (tertiary/aromatic N) is 1. The highest BCUT2D eigenvalue weighted by atomic mass is 32.1. The predicted octanol–water partition coefficient (Wildman–Crippen LogP) is 3.48. The van der Waals surface area contributed by atoms with Crippen LogP contribution >= 0.6 is 12.2 Å². The summed E-state index contributed by atoms with van der Waals surface area (Å²) in [6.07, 6.45) is 6.55. The predicted molar refractivity (Wildman–Crippen MR) is 66.6 cm³/mol. The number of piperidine rings is 1. The topological polar surface area (TPSA) is 3.24 Å². The third-order valence-electron chi connectivity index (χ3n) is 3.36. The molecule has 0 spiro atoms. The van der Waals surface area contributed by atoms with Crippen molar-refractivity contribution in [1.82, 2.24) is 4.90 Å². The Morgan fingerprint density at radius 3 is 2.50 bits per heavy atom. The maximum absolute atomic E-state index is 5.53. The molecule has 2 atom stereocenters. The van der Waals surface area contributed by atoms with Crippen LogP contribution in [0, 0.1) is 11.8 Å². The van der Waals surface area contributed by atoms with Gasteiger partial charge in [0, 0.05) is 19.5 Å². The number of likely N-dealkylation sites (tertiary alicyclic amines) is 1. The normalized spacial score (nSPS) is 28.2. The van der Waals surface area contributed by atoms with Crippen molar-refractivity contribution >= 4 is 17.2 Å². The quantitative estimate of drug-likeness (QED) is 0.658. The Balaban J connectivity index is 2.61. The van der Waals surface area contributed by atoms with Gasteiger partial charge < -0.3 is 4.90 Å².